The molecule has 0 radical (unpaired) electrons. The van der Waals surface area contributed by atoms with Crippen LogP contribution in [0, 0.1) is 11.5 Å². The Balaban J connectivity index is 1.74. The lowest BCUT2D eigenvalue weighted by Gasteiger charge is -2.19. The highest BCUT2D eigenvalue weighted by atomic mass is 35.5. The first kappa shape index (κ1) is 11.3. The van der Waals surface area contributed by atoms with Crippen LogP contribution in [0.5, 0.6) is 0 Å². The molecule has 1 aliphatic carbocycles. The number of aliphatic imine (C=N–C) groups is 1. The third-order valence-electron chi connectivity index (χ3n) is 3.28. The van der Waals surface area contributed by atoms with Crippen LogP contribution >= 0.6 is 11.6 Å². The van der Waals surface area contributed by atoms with Crippen molar-refractivity contribution in [3.05, 3.63) is 29.0 Å². The van der Waals surface area contributed by atoms with Gasteiger partial charge in [-0.25, -0.2) is 9.98 Å². The summed E-state index contributed by atoms with van der Waals surface area (Å²) in [5.41, 5.74) is 1.13. The maximum Gasteiger partial charge on any atom is 0.208 e. The number of aromatic nitrogens is 1. The molecule has 0 unspecified atom stereocenters. The largest absolute Gasteiger partial charge is 0.335 e. The monoisotopic (exact) mass is 261 g/mol. The van der Waals surface area contributed by atoms with Crippen LogP contribution in [-0.2, 0) is 6.54 Å². The van der Waals surface area contributed by atoms with Gasteiger partial charge in [0.25, 0.3) is 0 Å². The number of nitrogens with zero attached hydrogens (tertiary/aromatic N) is 4. The zero-order valence-electron chi connectivity index (χ0n) is 9.73. The van der Waals surface area contributed by atoms with E-state index in [1.54, 1.807) is 12.3 Å². The Kier molecular flexibility index (Phi) is 2.60. The van der Waals surface area contributed by atoms with Crippen molar-refractivity contribution >= 4 is 17.6 Å². The summed E-state index contributed by atoms with van der Waals surface area (Å²) in [4.78, 5) is 10.7. The normalized spacial score (nSPS) is 19.6. The molecule has 1 N–H and O–H groups in total. The fraction of sp³-hybridized carbons (Fsp3) is 0.417. The van der Waals surface area contributed by atoms with Gasteiger partial charge in [0.1, 0.15) is 5.15 Å². The van der Waals surface area contributed by atoms with Gasteiger partial charge in [-0.05, 0) is 24.5 Å². The van der Waals surface area contributed by atoms with Crippen LogP contribution < -0.4 is 5.32 Å². The molecule has 1 saturated carbocycles. The van der Waals surface area contributed by atoms with Crippen molar-refractivity contribution < 1.29 is 0 Å². The molecule has 1 spiro atoms. The summed E-state index contributed by atoms with van der Waals surface area (Å²) in [6.07, 6.45) is 5.92. The van der Waals surface area contributed by atoms with E-state index in [1.807, 2.05) is 12.3 Å². The van der Waals surface area contributed by atoms with Crippen molar-refractivity contribution in [1.82, 2.24) is 15.2 Å². The Labute approximate surface area is 110 Å². The zero-order chi connectivity index (χ0) is 12.6. The summed E-state index contributed by atoms with van der Waals surface area (Å²) in [7, 11) is 0. The summed E-state index contributed by atoms with van der Waals surface area (Å²) in [6.45, 7) is 1.57. The first-order valence-corrected chi connectivity index (χ1v) is 6.19. The Morgan fingerprint density at radius 1 is 1.50 bits per heavy atom. The molecule has 92 valence electrons. The van der Waals surface area contributed by atoms with Gasteiger partial charge >= 0.3 is 0 Å². The molecule has 0 bridgehead atoms. The predicted molar refractivity (Wildman–Crippen MR) is 67.8 cm³/mol. The van der Waals surface area contributed by atoms with Crippen molar-refractivity contribution in [2.45, 2.75) is 24.9 Å². The van der Waals surface area contributed by atoms with Gasteiger partial charge in [0.2, 0.25) is 5.96 Å². The number of hydrogen-bond donors (Lipinski definition) is 1. The Hall–Kier alpha value is -1.80. The van der Waals surface area contributed by atoms with Crippen LogP contribution in [0.1, 0.15) is 18.4 Å². The number of nitriles is 1. The standard InChI is InChI=1S/C12H12ClN5/c13-10-2-1-9(5-15-10)6-18-7-12(3-4-12)17-11(18)16-8-14/h1-2,5H,3-4,6-7H2,(H,16,17). The van der Waals surface area contributed by atoms with Crippen LogP contribution in [-0.4, -0.2) is 27.9 Å². The molecule has 1 fully saturated rings. The lowest BCUT2D eigenvalue weighted by atomic mass is 10.2. The maximum absolute atomic E-state index is 8.74. The Morgan fingerprint density at radius 2 is 2.33 bits per heavy atom. The number of pyridine rings is 1. The first-order valence-electron chi connectivity index (χ1n) is 5.81. The maximum atomic E-state index is 8.74. The van der Waals surface area contributed by atoms with Crippen LogP contribution in [0.2, 0.25) is 5.15 Å². The molecule has 3 rings (SSSR count). The minimum Gasteiger partial charge on any atom is -0.335 e. The molecule has 2 aliphatic rings. The Morgan fingerprint density at radius 3 is 2.94 bits per heavy atom. The molecule has 2 heterocycles. The molecular weight excluding hydrogens is 250 g/mol. The van der Waals surface area contributed by atoms with Crippen LogP contribution in [0.25, 0.3) is 0 Å². The highest BCUT2D eigenvalue weighted by Gasteiger charge is 2.49. The molecule has 0 atom stereocenters. The van der Waals surface area contributed by atoms with Gasteiger partial charge in [0.05, 0.1) is 5.54 Å². The summed E-state index contributed by atoms with van der Waals surface area (Å²) >= 11 is 5.76. The molecule has 1 aromatic rings. The number of hydrogen-bond acceptors (Lipinski definition) is 5. The van der Waals surface area contributed by atoms with Crippen molar-refractivity contribution in [3.8, 4) is 6.19 Å². The second kappa shape index (κ2) is 4.14. The molecule has 1 aromatic heterocycles. The molecule has 1 aliphatic heterocycles. The van der Waals surface area contributed by atoms with Crippen LogP contribution in [0.3, 0.4) is 0 Å². The summed E-state index contributed by atoms with van der Waals surface area (Å²) < 4.78 is 0. The second-order valence-electron chi connectivity index (χ2n) is 4.74. The van der Waals surface area contributed by atoms with Gasteiger partial charge in [0.15, 0.2) is 6.19 Å². The number of nitrogens with one attached hydrogen (secondary N) is 1. The van der Waals surface area contributed by atoms with Gasteiger partial charge in [-0.3, -0.25) is 5.32 Å². The quantitative estimate of drug-likeness (QED) is 0.498. The second-order valence-corrected chi connectivity index (χ2v) is 5.13. The van der Waals surface area contributed by atoms with E-state index in [1.165, 1.54) is 0 Å². The summed E-state index contributed by atoms with van der Waals surface area (Å²) in [6, 6.07) is 3.71. The predicted octanol–water partition coefficient (Wildman–Crippen LogP) is 1.51. The minimum atomic E-state index is 0.0685. The molecule has 0 saturated heterocycles. The molecule has 0 amide bonds. The highest BCUT2D eigenvalue weighted by molar-refractivity contribution is 6.29. The molecule has 6 heteroatoms. The van der Waals surface area contributed by atoms with Gasteiger partial charge in [-0.15, -0.1) is 0 Å². The number of guanidine groups is 1. The van der Waals surface area contributed by atoms with Gasteiger partial charge in [-0.1, -0.05) is 17.7 Å². The fourth-order valence-corrected chi connectivity index (χ4v) is 2.30. The van der Waals surface area contributed by atoms with Crippen molar-refractivity contribution in [3.63, 3.8) is 0 Å². The van der Waals surface area contributed by atoms with E-state index in [9.17, 15) is 0 Å². The minimum absolute atomic E-state index is 0.0685. The zero-order valence-corrected chi connectivity index (χ0v) is 10.5. The smallest absolute Gasteiger partial charge is 0.208 e. The molecule has 5 nitrogen and oxygen atoms in total. The first-order chi connectivity index (χ1) is 8.71. The van der Waals surface area contributed by atoms with E-state index in [0.29, 0.717) is 17.7 Å². The van der Waals surface area contributed by atoms with E-state index in [2.05, 4.69) is 20.2 Å². The highest BCUT2D eigenvalue weighted by Crippen LogP contribution is 2.43. The van der Waals surface area contributed by atoms with Crippen molar-refractivity contribution in [2.24, 2.45) is 4.99 Å². The third kappa shape index (κ3) is 2.12. The third-order valence-corrected chi connectivity index (χ3v) is 3.51. The Bertz CT molecular complexity index is 526. The summed E-state index contributed by atoms with van der Waals surface area (Å²) in [5.74, 6) is 0.671. The molecule has 0 aromatic carbocycles. The van der Waals surface area contributed by atoms with E-state index in [-0.39, 0.29) is 5.54 Å². The number of rotatable bonds is 2. The van der Waals surface area contributed by atoms with Gasteiger partial charge in [0, 0.05) is 19.3 Å². The number of halogens is 1. The van der Waals surface area contributed by atoms with Crippen LogP contribution in [0.4, 0.5) is 0 Å². The topological polar surface area (TPSA) is 64.3 Å². The van der Waals surface area contributed by atoms with E-state index in [4.69, 9.17) is 16.9 Å². The van der Waals surface area contributed by atoms with Crippen molar-refractivity contribution in [2.75, 3.05) is 6.54 Å². The summed E-state index contributed by atoms with van der Waals surface area (Å²) in [5, 5.41) is 11.9. The van der Waals surface area contributed by atoms with E-state index >= 15 is 0 Å². The average molecular weight is 262 g/mol. The van der Waals surface area contributed by atoms with Crippen molar-refractivity contribution in [1.29, 1.82) is 5.26 Å². The average Bonchev–Trinajstić information content (AvgIpc) is 3.01. The van der Waals surface area contributed by atoms with E-state index < -0.39 is 0 Å². The lowest BCUT2D eigenvalue weighted by Crippen LogP contribution is -2.36. The fourth-order valence-electron chi connectivity index (χ4n) is 2.18. The van der Waals surface area contributed by atoms with E-state index in [0.717, 1.165) is 24.9 Å². The van der Waals surface area contributed by atoms with Gasteiger partial charge < -0.3 is 4.90 Å². The van der Waals surface area contributed by atoms with Crippen LogP contribution in [0.15, 0.2) is 23.3 Å². The molecule has 18 heavy (non-hydrogen) atoms. The lowest BCUT2D eigenvalue weighted by molar-refractivity contribution is 0.404. The van der Waals surface area contributed by atoms with Gasteiger partial charge in [-0.2, -0.15) is 5.26 Å². The SMILES string of the molecule is N#CNC1=NC2(CC2)CN1Cc1ccc(Cl)nc1. The molecular formula is C12H12ClN5.